The molecule has 23 heavy (non-hydrogen) atoms. The average molecular weight is 318 g/mol. The molecule has 0 N–H and O–H groups in total. The number of hydrogen-bond acceptors (Lipinski definition) is 4. The first kappa shape index (κ1) is 17.3. The van der Waals surface area contributed by atoms with Crippen LogP contribution in [0.5, 0.6) is 0 Å². The Balaban J connectivity index is 2.26. The van der Waals surface area contributed by atoms with Gasteiger partial charge in [0.2, 0.25) is 0 Å². The van der Waals surface area contributed by atoms with E-state index in [2.05, 4.69) is 0 Å². The molecule has 0 bridgehead atoms. The molecule has 1 heterocycles. The highest BCUT2D eigenvalue weighted by atomic mass is 16.6. The zero-order valence-electron chi connectivity index (χ0n) is 14.4. The smallest absolute Gasteiger partial charge is 0.410 e. The van der Waals surface area contributed by atoms with E-state index < -0.39 is 23.1 Å². The van der Waals surface area contributed by atoms with Crippen molar-refractivity contribution in [3.05, 3.63) is 35.4 Å². The summed E-state index contributed by atoms with van der Waals surface area (Å²) in [6, 6.07) is 7.46. The summed E-state index contributed by atoms with van der Waals surface area (Å²) >= 11 is 0. The van der Waals surface area contributed by atoms with Gasteiger partial charge in [0, 0.05) is 13.1 Å². The molecule has 5 nitrogen and oxygen atoms in total. The Morgan fingerprint density at radius 3 is 2.26 bits per heavy atom. The van der Waals surface area contributed by atoms with E-state index in [9.17, 15) is 14.7 Å². The third-order valence-corrected chi connectivity index (χ3v) is 4.06. The van der Waals surface area contributed by atoms with Crippen LogP contribution < -0.4 is 5.11 Å². The first-order valence-electron chi connectivity index (χ1n) is 7.85. The number of nitrogens with zero attached hydrogens (tertiary/aromatic N) is 1. The fourth-order valence-corrected chi connectivity index (χ4v) is 2.91. The Morgan fingerprint density at radius 2 is 1.78 bits per heavy atom. The number of carbonyl (C=O) groups excluding carboxylic acids is 2. The second-order valence-electron chi connectivity index (χ2n) is 7.45. The summed E-state index contributed by atoms with van der Waals surface area (Å²) in [4.78, 5) is 25.3. The van der Waals surface area contributed by atoms with E-state index >= 15 is 0 Å². The lowest BCUT2D eigenvalue weighted by Crippen LogP contribution is -2.68. The maximum atomic E-state index is 12.1. The van der Waals surface area contributed by atoms with Gasteiger partial charge in [-0.3, -0.25) is 0 Å². The van der Waals surface area contributed by atoms with Crippen molar-refractivity contribution >= 4 is 12.1 Å². The lowest BCUT2D eigenvalue weighted by Gasteiger charge is -2.51. The number of carboxylic acid groups (broad SMARTS) is 1. The Kier molecular flexibility index (Phi) is 4.42. The van der Waals surface area contributed by atoms with Crippen molar-refractivity contribution < 1.29 is 19.4 Å². The molecule has 1 aliphatic heterocycles. The first-order chi connectivity index (χ1) is 10.6. The maximum Gasteiger partial charge on any atom is 0.410 e. The third kappa shape index (κ3) is 3.33. The lowest BCUT2D eigenvalue weighted by molar-refractivity contribution is -0.318. The van der Waals surface area contributed by atoms with Gasteiger partial charge in [-0.25, -0.2) is 4.79 Å². The molecule has 0 aromatic heterocycles. The third-order valence-electron chi connectivity index (χ3n) is 4.06. The number of hydrogen-bond donors (Lipinski definition) is 0. The normalized spacial score (nSPS) is 16.9. The van der Waals surface area contributed by atoms with Crippen molar-refractivity contribution in [2.75, 3.05) is 13.1 Å². The van der Waals surface area contributed by atoms with Crippen LogP contribution >= 0.6 is 0 Å². The van der Waals surface area contributed by atoms with Crippen LogP contribution in [0.25, 0.3) is 0 Å². The van der Waals surface area contributed by atoms with E-state index in [1.165, 1.54) is 4.90 Å². The fourth-order valence-electron chi connectivity index (χ4n) is 2.91. The van der Waals surface area contributed by atoms with Crippen LogP contribution in [-0.2, 0) is 14.9 Å². The Morgan fingerprint density at radius 1 is 1.22 bits per heavy atom. The molecule has 5 heteroatoms. The molecular formula is C18H24NO4-. The molecule has 2 rings (SSSR count). The Labute approximate surface area is 137 Å². The maximum absolute atomic E-state index is 12.1. The van der Waals surface area contributed by atoms with Crippen LogP contribution in [0.3, 0.4) is 0 Å². The van der Waals surface area contributed by atoms with Gasteiger partial charge in [-0.15, -0.1) is 0 Å². The van der Waals surface area contributed by atoms with Crippen molar-refractivity contribution in [2.45, 2.75) is 51.6 Å². The minimum atomic E-state index is -1.15. The van der Waals surface area contributed by atoms with Gasteiger partial charge in [-0.1, -0.05) is 38.1 Å². The van der Waals surface area contributed by atoms with Crippen LogP contribution in [0.4, 0.5) is 4.79 Å². The number of likely N-dealkylation sites (tertiary alicyclic amines) is 1. The van der Waals surface area contributed by atoms with Gasteiger partial charge < -0.3 is 19.5 Å². The van der Waals surface area contributed by atoms with Gasteiger partial charge in [-0.2, -0.15) is 0 Å². The molecule has 1 aromatic carbocycles. The van der Waals surface area contributed by atoms with Gasteiger partial charge in [0.15, 0.2) is 0 Å². The number of amides is 1. The summed E-state index contributed by atoms with van der Waals surface area (Å²) in [5.41, 5.74) is -0.0555. The molecular weight excluding hydrogens is 294 g/mol. The number of benzene rings is 1. The molecule has 1 fully saturated rings. The zero-order chi connectivity index (χ0) is 17.4. The number of ether oxygens (including phenoxy) is 1. The van der Waals surface area contributed by atoms with Crippen LogP contribution in [-0.4, -0.2) is 35.7 Å². The summed E-state index contributed by atoms with van der Waals surface area (Å²) in [5.74, 6) is -0.955. The van der Waals surface area contributed by atoms with Crippen molar-refractivity contribution in [1.29, 1.82) is 0 Å². The number of carboxylic acids is 1. The number of carbonyl (C=O) groups is 2. The van der Waals surface area contributed by atoms with Gasteiger partial charge in [0.25, 0.3) is 0 Å². The summed E-state index contributed by atoms with van der Waals surface area (Å²) < 4.78 is 5.30. The van der Waals surface area contributed by atoms with Gasteiger partial charge >= 0.3 is 6.09 Å². The predicted octanol–water partition coefficient (Wildman–Crippen LogP) is 2.05. The van der Waals surface area contributed by atoms with E-state index in [-0.39, 0.29) is 19.0 Å². The monoisotopic (exact) mass is 318 g/mol. The molecule has 1 aromatic rings. The first-order valence-corrected chi connectivity index (χ1v) is 7.85. The Hall–Kier alpha value is -2.04. The molecule has 0 spiro atoms. The second-order valence-corrected chi connectivity index (χ2v) is 7.45. The minimum absolute atomic E-state index is 0.0774. The van der Waals surface area contributed by atoms with E-state index in [0.717, 1.165) is 11.1 Å². The summed E-state index contributed by atoms with van der Waals surface area (Å²) in [5, 5.41) is 11.8. The molecule has 0 aliphatic carbocycles. The average Bonchev–Trinajstić information content (AvgIpc) is 2.35. The van der Waals surface area contributed by atoms with Crippen molar-refractivity contribution in [2.24, 2.45) is 0 Å². The molecule has 0 radical (unpaired) electrons. The SMILES string of the molecule is CC(C)c1ccccc1C1(C(=O)[O-])CN(C(=O)OC(C)(C)C)C1. The largest absolute Gasteiger partial charge is 0.549 e. The quantitative estimate of drug-likeness (QED) is 0.855. The van der Waals surface area contributed by atoms with E-state index in [0.29, 0.717) is 0 Å². The van der Waals surface area contributed by atoms with Crippen molar-refractivity contribution in [3.8, 4) is 0 Å². The summed E-state index contributed by atoms with van der Waals surface area (Å²) in [6.07, 6.45) is -0.489. The van der Waals surface area contributed by atoms with Crippen molar-refractivity contribution in [1.82, 2.24) is 4.90 Å². The van der Waals surface area contributed by atoms with Crippen molar-refractivity contribution in [3.63, 3.8) is 0 Å². The van der Waals surface area contributed by atoms with Gasteiger partial charge in [0.1, 0.15) is 5.60 Å². The van der Waals surface area contributed by atoms with E-state index in [1.54, 1.807) is 20.8 Å². The molecule has 126 valence electrons. The van der Waals surface area contributed by atoms with Crippen LogP contribution in [0, 0.1) is 0 Å². The highest BCUT2D eigenvalue weighted by Gasteiger charge is 2.50. The van der Waals surface area contributed by atoms with E-state index in [1.807, 2.05) is 38.1 Å². The topological polar surface area (TPSA) is 69.7 Å². The molecule has 0 saturated carbocycles. The minimum Gasteiger partial charge on any atom is -0.549 e. The molecule has 1 aliphatic rings. The molecule has 1 amide bonds. The highest BCUT2D eigenvalue weighted by molar-refractivity contribution is 5.85. The van der Waals surface area contributed by atoms with Gasteiger partial charge in [-0.05, 0) is 37.8 Å². The van der Waals surface area contributed by atoms with Crippen LogP contribution in [0.15, 0.2) is 24.3 Å². The van der Waals surface area contributed by atoms with Crippen LogP contribution in [0.2, 0.25) is 0 Å². The molecule has 0 atom stereocenters. The summed E-state index contributed by atoms with van der Waals surface area (Å²) in [7, 11) is 0. The second kappa shape index (κ2) is 5.87. The number of rotatable bonds is 3. The fraction of sp³-hybridized carbons (Fsp3) is 0.556. The number of aliphatic carboxylic acids is 1. The standard InChI is InChI=1S/C18H25NO4/c1-12(2)13-8-6-7-9-14(13)18(15(20)21)10-19(11-18)16(22)23-17(3,4)5/h6-9,12H,10-11H2,1-5H3,(H,20,21)/p-1. The lowest BCUT2D eigenvalue weighted by atomic mass is 9.70. The molecule has 0 unspecified atom stereocenters. The zero-order valence-corrected chi connectivity index (χ0v) is 14.4. The van der Waals surface area contributed by atoms with E-state index in [4.69, 9.17) is 4.74 Å². The highest BCUT2D eigenvalue weighted by Crippen LogP contribution is 2.39. The predicted molar refractivity (Wildman–Crippen MR) is 85.0 cm³/mol. The molecule has 1 saturated heterocycles. The van der Waals surface area contributed by atoms with Gasteiger partial charge in [0.05, 0.1) is 11.4 Å². The summed E-state index contributed by atoms with van der Waals surface area (Å²) in [6.45, 7) is 9.54. The van der Waals surface area contributed by atoms with Crippen LogP contribution in [0.1, 0.15) is 51.7 Å². The Bertz CT molecular complexity index is 610.